The fourth-order valence-corrected chi connectivity index (χ4v) is 4.44. The molecule has 0 aromatic heterocycles. The smallest absolute Gasteiger partial charge is 0.342 e. The summed E-state index contributed by atoms with van der Waals surface area (Å²) in [5.74, 6) is -0.147. The molecule has 0 saturated carbocycles. The first kappa shape index (κ1) is 22.1. The summed E-state index contributed by atoms with van der Waals surface area (Å²) in [6, 6.07) is 4.46. The van der Waals surface area contributed by atoms with E-state index in [2.05, 4.69) is 61.2 Å². The Balaban J connectivity index is 1.99. The second-order valence-corrected chi connectivity index (χ2v) is 9.81. The molecule has 0 saturated heterocycles. The summed E-state index contributed by atoms with van der Waals surface area (Å²) in [5.41, 5.74) is 6.58. The average Bonchev–Trinajstić information content (AvgIpc) is 2.51. The number of allylic oxidation sites excluding steroid dienone is 1. The van der Waals surface area contributed by atoms with Crippen molar-refractivity contribution in [2.45, 2.75) is 66.7 Å². The predicted octanol–water partition coefficient (Wildman–Crippen LogP) is 3.23. The molecule has 0 fully saturated rings. The van der Waals surface area contributed by atoms with Crippen LogP contribution in [0.25, 0.3) is 0 Å². The summed E-state index contributed by atoms with van der Waals surface area (Å²) >= 11 is 0. The highest BCUT2D eigenvalue weighted by molar-refractivity contribution is 7.88. The van der Waals surface area contributed by atoms with Crippen molar-refractivity contribution in [2.75, 3.05) is 6.54 Å². The van der Waals surface area contributed by atoms with Crippen LogP contribution in [0.3, 0.4) is 0 Å². The maximum absolute atomic E-state index is 12.3. The normalized spacial score (nSPS) is 16.5. The van der Waals surface area contributed by atoms with Gasteiger partial charge in [-0.3, -0.25) is 9.52 Å². The van der Waals surface area contributed by atoms with Gasteiger partial charge in [-0.25, -0.2) is 0 Å². The first-order valence-corrected chi connectivity index (χ1v) is 10.9. The maximum Gasteiger partial charge on any atom is 0.342 e. The molecule has 1 amide bonds. The number of benzene rings is 1. The van der Waals surface area contributed by atoms with Gasteiger partial charge >= 0.3 is 10.2 Å². The Kier molecular flexibility index (Phi) is 6.38. The Labute approximate surface area is 168 Å². The van der Waals surface area contributed by atoms with E-state index in [4.69, 9.17) is 0 Å². The molecule has 1 aliphatic rings. The van der Waals surface area contributed by atoms with E-state index in [1.54, 1.807) is 13.8 Å². The summed E-state index contributed by atoms with van der Waals surface area (Å²) < 4.78 is 29.1. The van der Waals surface area contributed by atoms with Gasteiger partial charge in [-0.15, -0.1) is 4.40 Å². The Morgan fingerprint density at radius 3 is 2.18 bits per heavy atom. The summed E-state index contributed by atoms with van der Waals surface area (Å²) in [5, 5.41) is 2.93. The van der Waals surface area contributed by atoms with Crippen molar-refractivity contribution in [1.29, 1.82) is 0 Å². The van der Waals surface area contributed by atoms with Crippen LogP contribution < -0.4 is 10.0 Å². The third kappa shape index (κ3) is 5.44. The van der Waals surface area contributed by atoms with Gasteiger partial charge < -0.3 is 5.32 Å². The molecule has 0 bridgehead atoms. The van der Waals surface area contributed by atoms with E-state index in [1.165, 1.54) is 22.3 Å². The molecule has 0 aliphatic carbocycles. The topological polar surface area (TPSA) is 87.6 Å². The number of rotatable bonds is 5. The quantitative estimate of drug-likeness (QED) is 0.788. The highest BCUT2D eigenvalue weighted by Crippen LogP contribution is 2.27. The van der Waals surface area contributed by atoms with Crippen LogP contribution in [0, 0.1) is 13.8 Å². The van der Waals surface area contributed by atoms with Crippen molar-refractivity contribution in [1.82, 2.24) is 10.0 Å². The zero-order valence-corrected chi connectivity index (χ0v) is 18.7. The van der Waals surface area contributed by atoms with Crippen molar-refractivity contribution in [3.63, 3.8) is 0 Å². The number of carbonyl (C=O) groups is 1. The van der Waals surface area contributed by atoms with Gasteiger partial charge in [0, 0.05) is 17.8 Å². The Morgan fingerprint density at radius 1 is 1.11 bits per heavy atom. The molecule has 1 heterocycles. The minimum atomic E-state index is -3.68. The summed E-state index contributed by atoms with van der Waals surface area (Å²) in [4.78, 5) is 12.3. The molecule has 1 aliphatic heterocycles. The van der Waals surface area contributed by atoms with Gasteiger partial charge in [-0.1, -0.05) is 32.9 Å². The molecule has 2 N–H and O–H groups in total. The molecular formula is C21H31N3O3S. The van der Waals surface area contributed by atoms with E-state index < -0.39 is 10.2 Å². The molecule has 1 aromatic rings. The molecule has 2 rings (SSSR count). The summed E-state index contributed by atoms with van der Waals surface area (Å²) in [6.45, 7) is 14.6. The number of nitrogens with zero attached hydrogens (tertiary/aromatic N) is 1. The van der Waals surface area contributed by atoms with E-state index in [9.17, 15) is 13.2 Å². The molecule has 7 heteroatoms. The van der Waals surface area contributed by atoms with Crippen LogP contribution in [-0.2, 0) is 26.8 Å². The zero-order chi connectivity index (χ0) is 21.3. The summed E-state index contributed by atoms with van der Waals surface area (Å²) in [6.07, 6.45) is 0.857. The number of nitrogens with one attached hydrogen (secondary N) is 2. The second kappa shape index (κ2) is 8.07. The van der Waals surface area contributed by atoms with E-state index in [1.807, 2.05) is 0 Å². The lowest BCUT2D eigenvalue weighted by Crippen LogP contribution is -2.32. The fraction of sp³-hybridized carbons (Fsp3) is 0.524. The summed E-state index contributed by atoms with van der Waals surface area (Å²) in [7, 11) is -3.68. The number of hydrogen-bond donors (Lipinski definition) is 2. The van der Waals surface area contributed by atoms with Crippen molar-refractivity contribution in [2.24, 2.45) is 4.40 Å². The first-order valence-electron chi connectivity index (χ1n) is 9.47. The lowest BCUT2D eigenvalue weighted by atomic mass is 9.83. The SMILES string of the molecule is CC1=NS(=O)(=O)NC(C)=C1CC(=O)NCCc1c(C)cc(C(C)(C)C)cc1C. The molecule has 154 valence electrons. The van der Waals surface area contributed by atoms with Gasteiger partial charge in [-0.05, 0) is 61.8 Å². The van der Waals surface area contributed by atoms with Crippen LogP contribution in [0.1, 0.15) is 63.3 Å². The molecule has 0 radical (unpaired) electrons. The van der Waals surface area contributed by atoms with E-state index in [0.717, 1.165) is 6.42 Å². The highest BCUT2D eigenvalue weighted by Gasteiger charge is 2.22. The molecular weight excluding hydrogens is 374 g/mol. The molecule has 6 nitrogen and oxygen atoms in total. The van der Waals surface area contributed by atoms with Crippen LogP contribution in [0.2, 0.25) is 0 Å². The van der Waals surface area contributed by atoms with Crippen LogP contribution in [0.5, 0.6) is 0 Å². The molecule has 0 unspecified atom stereocenters. The molecule has 0 spiro atoms. The van der Waals surface area contributed by atoms with Crippen molar-refractivity contribution < 1.29 is 13.2 Å². The zero-order valence-electron chi connectivity index (χ0n) is 17.9. The average molecular weight is 406 g/mol. The highest BCUT2D eigenvalue weighted by atomic mass is 32.2. The Morgan fingerprint density at radius 2 is 1.68 bits per heavy atom. The lowest BCUT2D eigenvalue weighted by molar-refractivity contribution is -0.120. The van der Waals surface area contributed by atoms with E-state index in [-0.39, 0.29) is 17.7 Å². The number of hydrogen-bond acceptors (Lipinski definition) is 3. The standard InChI is InChI=1S/C21H31N3O3S/c1-13-10-17(21(5,6)7)11-14(2)18(13)8-9-22-20(25)12-19-15(3)23-28(26,27)24-16(19)4/h10-11,23H,8-9,12H2,1-7H3,(H,22,25). The van der Waals surface area contributed by atoms with Crippen molar-refractivity contribution in [3.8, 4) is 0 Å². The molecule has 28 heavy (non-hydrogen) atoms. The Bertz CT molecular complexity index is 929. The minimum Gasteiger partial charge on any atom is -0.355 e. The predicted molar refractivity (Wildman–Crippen MR) is 114 cm³/mol. The van der Waals surface area contributed by atoms with E-state index in [0.29, 0.717) is 23.5 Å². The molecule has 0 atom stereocenters. The first-order chi connectivity index (χ1) is 12.8. The largest absolute Gasteiger partial charge is 0.355 e. The number of aryl methyl sites for hydroxylation is 2. The maximum atomic E-state index is 12.3. The Hall–Kier alpha value is -2.15. The van der Waals surface area contributed by atoms with Crippen molar-refractivity contribution >= 4 is 21.8 Å². The molecule has 1 aromatic carbocycles. The van der Waals surface area contributed by atoms with Crippen LogP contribution in [0.15, 0.2) is 27.8 Å². The van der Waals surface area contributed by atoms with Gasteiger partial charge in [0.05, 0.1) is 12.1 Å². The fourth-order valence-electron chi connectivity index (χ4n) is 3.42. The van der Waals surface area contributed by atoms with Crippen LogP contribution >= 0.6 is 0 Å². The van der Waals surface area contributed by atoms with Gasteiger partial charge in [0.2, 0.25) is 5.91 Å². The van der Waals surface area contributed by atoms with Gasteiger partial charge in [0.1, 0.15) is 0 Å². The van der Waals surface area contributed by atoms with Gasteiger partial charge in [-0.2, -0.15) is 8.42 Å². The third-order valence-corrected chi connectivity index (χ3v) is 6.10. The van der Waals surface area contributed by atoms with Gasteiger partial charge in [0.25, 0.3) is 0 Å². The minimum absolute atomic E-state index is 0.102. The van der Waals surface area contributed by atoms with Crippen LogP contribution in [0.4, 0.5) is 0 Å². The van der Waals surface area contributed by atoms with Gasteiger partial charge in [0.15, 0.2) is 0 Å². The van der Waals surface area contributed by atoms with E-state index >= 15 is 0 Å². The second-order valence-electron chi connectivity index (χ2n) is 8.47. The van der Waals surface area contributed by atoms with Crippen LogP contribution in [-0.4, -0.2) is 26.6 Å². The monoisotopic (exact) mass is 405 g/mol. The van der Waals surface area contributed by atoms with Crippen molar-refractivity contribution in [3.05, 3.63) is 45.7 Å². The third-order valence-electron chi connectivity index (χ3n) is 5.03. The number of amides is 1. The number of carbonyl (C=O) groups excluding carboxylic acids is 1. The lowest BCUT2D eigenvalue weighted by Gasteiger charge is -2.22.